The highest BCUT2D eigenvalue weighted by Crippen LogP contribution is 2.13. The van der Waals surface area contributed by atoms with Gasteiger partial charge in [0.25, 0.3) is 0 Å². The number of Topliss-reactive ketones (excluding diaryl/α,β-unsaturated/α-hetero) is 1. The van der Waals surface area contributed by atoms with E-state index in [0.29, 0.717) is 18.4 Å². The van der Waals surface area contributed by atoms with Gasteiger partial charge in [-0.25, -0.2) is 14.4 Å². The first-order valence-electron chi connectivity index (χ1n) is 15.2. The average molecular weight is 687 g/mol. The Morgan fingerprint density at radius 3 is 1.61 bits per heavy atom. The third kappa shape index (κ3) is 23.6. The van der Waals surface area contributed by atoms with Crippen molar-refractivity contribution in [1.29, 1.82) is 0 Å². The molecule has 0 saturated carbocycles. The molecule has 2 amide bonds. The molecule has 1 aromatic rings. The predicted octanol–water partition coefficient (Wildman–Crippen LogP) is 3.83. The standard InChI is InChI=1S/C15H23NO6.C13H14O2.C8H13NO3/c1-10(17)9-12(14(19)21-3)7-5-6-8-13(15(20)22-4)16-11(2)18;1-11(13(14)15-2)7-6-10-12-8-4-3-5-9-12;1-4-5-7(8(11)12-3)9-6(2)10/h5-6,12-13H,7-9H2,1-4H3,(H,16,18);3-10H,1-2H3;4,7H,1,5H2,2-3H3,(H,9,10)/b;10-6+,11-7+;/t12-,13+;;7-/m1.0/s1. The Kier molecular flexibility index (Phi) is 25.9. The maximum atomic E-state index is 11.5. The van der Waals surface area contributed by atoms with Crippen molar-refractivity contribution in [2.24, 2.45) is 5.92 Å². The molecule has 0 heterocycles. The van der Waals surface area contributed by atoms with Crippen LogP contribution in [0.15, 0.2) is 72.9 Å². The number of carbonyl (C=O) groups excluding carboxylic acids is 7. The fraction of sp³-hybridized carbons (Fsp3) is 0.417. The number of allylic oxidation sites excluding steroid dienone is 3. The van der Waals surface area contributed by atoms with Crippen LogP contribution in [0, 0.1) is 5.92 Å². The average Bonchev–Trinajstić information content (AvgIpc) is 3.07. The number of benzene rings is 1. The van der Waals surface area contributed by atoms with Crippen molar-refractivity contribution in [3.8, 4) is 0 Å². The van der Waals surface area contributed by atoms with Gasteiger partial charge in [0.1, 0.15) is 17.9 Å². The summed E-state index contributed by atoms with van der Waals surface area (Å²) >= 11 is 0. The normalized spacial score (nSPS) is 12.4. The van der Waals surface area contributed by atoms with Crippen LogP contribution >= 0.6 is 0 Å². The Bertz CT molecular complexity index is 1280. The molecule has 13 nitrogen and oxygen atoms in total. The zero-order valence-corrected chi connectivity index (χ0v) is 29.6. The molecule has 0 spiro atoms. The van der Waals surface area contributed by atoms with Crippen molar-refractivity contribution in [2.45, 2.75) is 65.5 Å². The number of carbonyl (C=O) groups is 7. The number of methoxy groups -OCH3 is 4. The van der Waals surface area contributed by atoms with Crippen molar-refractivity contribution < 1.29 is 52.5 Å². The first kappa shape index (κ1) is 45.8. The molecule has 0 fully saturated rings. The maximum Gasteiger partial charge on any atom is 0.333 e. The van der Waals surface area contributed by atoms with E-state index >= 15 is 0 Å². The second kappa shape index (κ2) is 27.8. The fourth-order valence-electron chi connectivity index (χ4n) is 3.74. The van der Waals surface area contributed by atoms with Crippen molar-refractivity contribution in [3.63, 3.8) is 0 Å². The molecule has 1 rings (SSSR count). The van der Waals surface area contributed by atoms with E-state index in [-0.39, 0.29) is 36.4 Å². The Morgan fingerprint density at radius 1 is 0.694 bits per heavy atom. The van der Waals surface area contributed by atoms with Crippen LogP contribution in [0.4, 0.5) is 0 Å². The van der Waals surface area contributed by atoms with Crippen LogP contribution in [0.5, 0.6) is 0 Å². The number of hydrogen-bond donors (Lipinski definition) is 2. The van der Waals surface area contributed by atoms with E-state index in [1.165, 1.54) is 49.2 Å². The first-order chi connectivity index (χ1) is 23.2. The number of hydrogen-bond acceptors (Lipinski definition) is 11. The predicted molar refractivity (Wildman–Crippen MR) is 184 cm³/mol. The zero-order valence-electron chi connectivity index (χ0n) is 29.6. The van der Waals surface area contributed by atoms with E-state index in [1.807, 2.05) is 42.5 Å². The van der Waals surface area contributed by atoms with E-state index in [9.17, 15) is 33.6 Å². The quantitative estimate of drug-likeness (QED) is 0.0848. The molecule has 0 aliphatic rings. The molecule has 0 aliphatic heterocycles. The van der Waals surface area contributed by atoms with Crippen LogP contribution in [0.3, 0.4) is 0 Å². The first-order valence-corrected chi connectivity index (χ1v) is 15.2. The topological polar surface area (TPSA) is 180 Å². The summed E-state index contributed by atoms with van der Waals surface area (Å²) in [5, 5.41) is 4.92. The Labute approximate surface area is 288 Å². The molecule has 0 saturated heterocycles. The Balaban J connectivity index is 0. The van der Waals surface area contributed by atoms with Crippen LogP contribution in [0.2, 0.25) is 0 Å². The highest BCUT2D eigenvalue weighted by molar-refractivity contribution is 5.88. The smallest absolute Gasteiger partial charge is 0.333 e. The summed E-state index contributed by atoms with van der Waals surface area (Å²) in [6.45, 7) is 9.25. The summed E-state index contributed by atoms with van der Waals surface area (Å²) in [6.07, 6.45) is 11.4. The molecule has 1 aromatic carbocycles. The Morgan fingerprint density at radius 2 is 1.18 bits per heavy atom. The molecule has 0 aliphatic carbocycles. The molecular formula is C36H50N2O11. The number of nitrogens with one attached hydrogen (secondary N) is 2. The third-order valence-electron chi connectivity index (χ3n) is 6.10. The fourth-order valence-corrected chi connectivity index (χ4v) is 3.74. The summed E-state index contributed by atoms with van der Waals surface area (Å²) in [6, 6.07) is 8.52. The third-order valence-corrected chi connectivity index (χ3v) is 6.10. The molecule has 270 valence electrons. The lowest BCUT2D eigenvalue weighted by molar-refractivity contribution is -0.147. The van der Waals surface area contributed by atoms with Gasteiger partial charge in [-0.15, -0.1) is 6.58 Å². The SMILES string of the molecule is C=CC[C@H](NC(C)=O)C(=O)OC.COC(=O)/C(C)=C/C=C/c1ccccc1.COC(=O)[C@H](CC=CC[C@H](NC(C)=O)C(=O)OC)CC(C)=O. The lowest BCUT2D eigenvalue weighted by atomic mass is 9.98. The van der Waals surface area contributed by atoms with Gasteiger partial charge < -0.3 is 34.4 Å². The van der Waals surface area contributed by atoms with E-state index in [0.717, 1.165) is 5.56 Å². The molecule has 13 heteroatoms. The Hall–Kier alpha value is -5.33. The van der Waals surface area contributed by atoms with Crippen LogP contribution < -0.4 is 10.6 Å². The number of esters is 4. The molecule has 0 unspecified atom stereocenters. The molecule has 3 atom stereocenters. The number of amides is 2. The van der Waals surface area contributed by atoms with Crippen molar-refractivity contribution in [3.05, 3.63) is 78.4 Å². The van der Waals surface area contributed by atoms with Gasteiger partial charge in [-0.05, 0) is 38.7 Å². The summed E-state index contributed by atoms with van der Waals surface area (Å²) in [5.41, 5.74) is 1.69. The van der Waals surface area contributed by atoms with E-state index in [4.69, 9.17) is 0 Å². The second-order valence-electron chi connectivity index (χ2n) is 10.3. The van der Waals surface area contributed by atoms with E-state index in [2.05, 4.69) is 36.2 Å². The van der Waals surface area contributed by atoms with Crippen LogP contribution in [-0.4, -0.2) is 82.0 Å². The largest absolute Gasteiger partial charge is 0.469 e. The maximum absolute atomic E-state index is 11.5. The molecule has 2 N–H and O–H groups in total. The second-order valence-corrected chi connectivity index (χ2v) is 10.3. The van der Waals surface area contributed by atoms with Crippen molar-refractivity contribution >= 4 is 47.6 Å². The summed E-state index contributed by atoms with van der Waals surface area (Å²) in [5.74, 6) is -3.00. The van der Waals surface area contributed by atoms with Gasteiger partial charge >= 0.3 is 23.9 Å². The summed E-state index contributed by atoms with van der Waals surface area (Å²) in [7, 11) is 5.16. The molecule has 0 radical (unpaired) electrons. The lowest BCUT2D eigenvalue weighted by Gasteiger charge is -2.13. The van der Waals surface area contributed by atoms with Gasteiger partial charge in [-0.3, -0.25) is 14.4 Å². The van der Waals surface area contributed by atoms with Gasteiger partial charge in [0.05, 0.1) is 34.4 Å². The number of ether oxygens (including phenoxy) is 4. The minimum absolute atomic E-state index is 0.100. The van der Waals surface area contributed by atoms with Crippen LogP contribution in [0.1, 0.15) is 58.9 Å². The molecule has 0 aromatic heterocycles. The summed E-state index contributed by atoms with van der Waals surface area (Å²) < 4.78 is 18.3. The van der Waals surface area contributed by atoms with Crippen LogP contribution in [-0.2, 0) is 52.5 Å². The van der Waals surface area contributed by atoms with Crippen molar-refractivity contribution in [1.82, 2.24) is 10.6 Å². The highest BCUT2D eigenvalue weighted by Gasteiger charge is 2.21. The van der Waals surface area contributed by atoms with Gasteiger partial charge in [-0.1, -0.05) is 66.8 Å². The van der Waals surface area contributed by atoms with Gasteiger partial charge in [0.15, 0.2) is 0 Å². The highest BCUT2D eigenvalue weighted by atomic mass is 16.5. The van der Waals surface area contributed by atoms with Gasteiger partial charge in [-0.2, -0.15) is 0 Å². The van der Waals surface area contributed by atoms with Crippen molar-refractivity contribution in [2.75, 3.05) is 28.4 Å². The number of rotatable bonds is 16. The zero-order chi connectivity index (χ0) is 37.8. The van der Waals surface area contributed by atoms with Gasteiger partial charge in [0.2, 0.25) is 11.8 Å². The lowest BCUT2D eigenvalue weighted by Crippen LogP contribution is -2.39. The number of ketones is 1. The monoisotopic (exact) mass is 686 g/mol. The minimum atomic E-state index is -0.775. The molecule has 0 bridgehead atoms. The molecule has 49 heavy (non-hydrogen) atoms. The molecular weight excluding hydrogens is 636 g/mol. The van der Waals surface area contributed by atoms with E-state index in [1.54, 1.807) is 31.2 Å². The van der Waals surface area contributed by atoms with E-state index < -0.39 is 35.9 Å². The summed E-state index contributed by atoms with van der Waals surface area (Å²) in [4.78, 5) is 77.7. The van der Waals surface area contributed by atoms with Gasteiger partial charge in [0, 0.05) is 25.8 Å². The van der Waals surface area contributed by atoms with Crippen LogP contribution in [0.25, 0.3) is 6.08 Å². The minimum Gasteiger partial charge on any atom is -0.469 e.